The summed E-state index contributed by atoms with van der Waals surface area (Å²) in [6.45, 7) is 6.06. The lowest BCUT2D eigenvalue weighted by atomic mass is 10.1. The lowest BCUT2D eigenvalue weighted by Gasteiger charge is -2.18. The van der Waals surface area contributed by atoms with Crippen molar-refractivity contribution in [2.45, 2.75) is 43.1 Å². The zero-order valence-electron chi connectivity index (χ0n) is 19.4. The van der Waals surface area contributed by atoms with E-state index >= 15 is 0 Å². The second-order valence-electron chi connectivity index (χ2n) is 8.23. The molecular formula is C27H27ClN4OS. The molecule has 174 valence electrons. The fraction of sp³-hybridized carbons (Fsp3) is 0.222. The molecule has 34 heavy (non-hydrogen) atoms. The van der Waals surface area contributed by atoms with E-state index in [0.29, 0.717) is 5.82 Å². The third-order valence-electron chi connectivity index (χ3n) is 5.64. The molecule has 0 spiro atoms. The van der Waals surface area contributed by atoms with Crippen LogP contribution < -0.4 is 5.32 Å². The average Bonchev–Trinajstić information content (AvgIpc) is 3.28. The first-order valence-electron chi connectivity index (χ1n) is 11.1. The molecule has 0 fully saturated rings. The Balaban J connectivity index is 1.60. The number of hydrogen-bond acceptors (Lipinski definition) is 4. The van der Waals surface area contributed by atoms with E-state index in [-0.39, 0.29) is 11.9 Å². The highest BCUT2D eigenvalue weighted by Gasteiger charge is 2.24. The van der Waals surface area contributed by atoms with Crippen LogP contribution in [0.3, 0.4) is 0 Å². The van der Waals surface area contributed by atoms with Crippen LogP contribution in [-0.4, -0.2) is 20.7 Å². The van der Waals surface area contributed by atoms with Crippen LogP contribution in [0.5, 0.6) is 0 Å². The lowest BCUT2D eigenvalue weighted by molar-refractivity contribution is -0.121. The van der Waals surface area contributed by atoms with E-state index in [9.17, 15) is 4.79 Å². The number of hydrogen-bond donors (Lipinski definition) is 1. The van der Waals surface area contributed by atoms with Gasteiger partial charge in [-0.15, -0.1) is 21.8 Å². The quantitative estimate of drug-likeness (QED) is 0.231. The number of halogens is 1. The fourth-order valence-corrected chi connectivity index (χ4v) is 4.87. The molecule has 0 aliphatic carbocycles. The number of nitrogens with zero attached hydrogens (tertiary/aromatic N) is 3. The lowest BCUT2D eigenvalue weighted by Crippen LogP contribution is -2.31. The molecule has 2 unspecified atom stereocenters. The molecule has 0 aliphatic heterocycles. The van der Waals surface area contributed by atoms with Crippen molar-refractivity contribution in [3.05, 3.63) is 107 Å². The summed E-state index contributed by atoms with van der Waals surface area (Å²) in [5.74, 6) is 1.16. The standard InChI is InChI=1S/C27H27ClN4OS/c1-18-13-15-23(16-14-18)32-25(20(3)29-26(33)24(28)21-10-5-4-6-11-21)30-31-27(32)34-17-22-12-8-7-9-19(22)2/h4-16,20,24H,17H2,1-3H3,(H,29,33). The van der Waals surface area contributed by atoms with Gasteiger partial charge >= 0.3 is 0 Å². The maximum absolute atomic E-state index is 12.9. The molecular weight excluding hydrogens is 464 g/mol. The van der Waals surface area contributed by atoms with Crippen molar-refractivity contribution in [3.63, 3.8) is 0 Å². The van der Waals surface area contributed by atoms with Crippen molar-refractivity contribution in [1.82, 2.24) is 20.1 Å². The number of aryl methyl sites for hydroxylation is 2. The number of carbonyl (C=O) groups is 1. The molecule has 0 aliphatic rings. The van der Waals surface area contributed by atoms with E-state index in [4.69, 9.17) is 11.6 Å². The SMILES string of the molecule is Cc1ccc(-n2c(SCc3ccccc3C)nnc2C(C)NC(=O)C(Cl)c2ccccc2)cc1. The molecule has 1 heterocycles. The van der Waals surface area contributed by atoms with Crippen LogP contribution in [-0.2, 0) is 10.5 Å². The number of nitrogens with one attached hydrogen (secondary N) is 1. The summed E-state index contributed by atoms with van der Waals surface area (Å²) >= 11 is 8.07. The van der Waals surface area contributed by atoms with Gasteiger partial charge in [0.25, 0.3) is 0 Å². The van der Waals surface area contributed by atoms with Gasteiger partial charge in [0.1, 0.15) is 5.38 Å². The molecule has 0 bridgehead atoms. The van der Waals surface area contributed by atoms with E-state index in [0.717, 1.165) is 22.2 Å². The van der Waals surface area contributed by atoms with Gasteiger partial charge in [-0.05, 0) is 49.6 Å². The van der Waals surface area contributed by atoms with Gasteiger partial charge in [-0.25, -0.2) is 0 Å². The first-order chi connectivity index (χ1) is 16.4. The summed E-state index contributed by atoms with van der Waals surface area (Å²) in [6, 6.07) is 25.5. The topological polar surface area (TPSA) is 59.8 Å². The second kappa shape index (κ2) is 10.9. The summed E-state index contributed by atoms with van der Waals surface area (Å²) in [7, 11) is 0. The number of carbonyl (C=O) groups excluding carboxylic acids is 1. The van der Waals surface area contributed by atoms with Crippen LogP contribution in [0.4, 0.5) is 0 Å². The van der Waals surface area contributed by atoms with Gasteiger partial charge in [-0.3, -0.25) is 9.36 Å². The van der Waals surface area contributed by atoms with Crippen molar-refractivity contribution in [2.75, 3.05) is 0 Å². The fourth-order valence-electron chi connectivity index (χ4n) is 3.63. The largest absolute Gasteiger partial charge is 0.345 e. The second-order valence-corrected chi connectivity index (χ2v) is 9.61. The Kier molecular flexibility index (Phi) is 7.70. The number of aromatic nitrogens is 3. The first-order valence-corrected chi connectivity index (χ1v) is 12.6. The predicted octanol–water partition coefficient (Wildman–Crippen LogP) is 6.33. The molecule has 0 radical (unpaired) electrons. The van der Waals surface area contributed by atoms with E-state index in [1.54, 1.807) is 11.8 Å². The minimum Gasteiger partial charge on any atom is -0.345 e. The van der Waals surface area contributed by atoms with Crippen LogP contribution in [0.1, 0.15) is 46.4 Å². The summed E-state index contributed by atoms with van der Waals surface area (Å²) in [5.41, 5.74) is 5.36. The van der Waals surface area contributed by atoms with Gasteiger partial charge in [0.15, 0.2) is 11.0 Å². The number of benzene rings is 3. The Morgan fingerprint density at radius 3 is 2.35 bits per heavy atom. The maximum Gasteiger partial charge on any atom is 0.243 e. The Morgan fingerprint density at radius 2 is 1.65 bits per heavy atom. The van der Waals surface area contributed by atoms with Crippen LogP contribution in [0.25, 0.3) is 5.69 Å². The van der Waals surface area contributed by atoms with Crippen molar-refractivity contribution in [1.29, 1.82) is 0 Å². The zero-order chi connectivity index (χ0) is 24.1. The highest BCUT2D eigenvalue weighted by molar-refractivity contribution is 7.98. The van der Waals surface area contributed by atoms with E-state index in [2.05, 4.69) is 53.6 Å². The van der Waals surface area contributed by atoms with Crippen LogP contribution in [0.15, 0.2) is 84.0 Å². The monoisotopic (exact) mass is 490 g/mol. The van der Waals surface area contributed by atoms with Gasteiger partial charge in [0, 0.05) is 11.4 Å². The maximum atomic E-state index is 12.9. The highest BCUT2D eigenvalue weighted by Crippen LogP contribution is 2.29. The summed E-state index contributed by atoms with van der Waals surface area (Å²) in [6.07, 6.45) is 0. The molecule has 1 aromatic heterocycles. The Labute approximate surface area is 209 Å². The molecule has 5 nitrogen and oxygen atoms in total. The Bertz CT molecular complexity index is 1260. The molecule has 0 saturated heterocycles. The predicted molar refractivity (Wildman–Crippen MR) is 138 cm³/mol. The summed E-state index contributed by atoms with van der Waals surface area (Å²) < 4.78 is 2.01. The number of alkyl halides is 1. The number of thioether (sulfide) groups is 1. The molecule has 7 heteroatoms. The highest BCUT2D eigenvalue weighted by atomic mass is 35.5. The van der Waals surface area contributed by atoms with E-state index < -0.39 is 5.38 Å². The normalized spacial score (nSPS) is 12.8. The Hall–Kier alpha value is -3.09. The molecule has 3 aromatic carbocycles. The molecule has 0 saturated carbocycles. The molecule has 4 aromatic rings. The van der Waals surface area contributed by atoms with Gasteiger partial charge in [0.05, 0.1) is 6.04 Å². The number of rotatable bonds is 8. The summed E-state index contributed by atoms with van der Waals surface area (Å²) in [4.78, 5) is 12.9. The van der Waals surface area contributed by atoms with Gasteiger partial charge in [-0.2, -0.15) is 0 Å². The van der Waals surface area contributed by atoms with E-state index in [1.807, 2.05) is 66.1 Å². The number of amides is 1. The first kappa shape index (κ1) is 24.0. The Morgan fingerprint density at radius 1 is 0.971 bits per heavy atom. The molecule has 2 atom stereocenters. The zero-order valence-corrected chi connectivity index (χ0v) is 21.0. The van der Waals surface area contributed by atoms with Crippen LogP contribution in [0, 0.1) is 13.8 Å². The van der Waals surface area contributed by atoms with Crippen LogP contribution >= 0.6 is 23.4 Å². The van der Waals surface area contributed by atoms with Gasteiger partial charge in [0.2, 0.25) is 5.91 Å². The molecule has 1 N–H and O–H groups in total. The molecule has 4 rings (SSSR count). The van der Waals surface area contributed by atoms with E-state index in [1.165, 1.54) is 16.7 Å². The smallest absolute Gasteiger partial charge is 0.243 e. The summed E-state index contributed by atoms with van der Waals surface area (Å²) in [5, 5.41) is 11.9. The minimum absolute atomic E-state index is 0.270. The van der Waals surface area contributed by atoms with Crippen molar-refractivity contribution < 1.29 is 4.79 Å². The van der Waals surface area contributed by atoms with Crippen molar-refractivity contribution in [3.8, 4) is 5.69 Å². The third-order valence-corrected chi connectivity index (χ3v) is 7.07. The van der Waals surface area contributed by atoms with Crippen LogP contribution in [0.2, 0.25) is 0 Å². The van der Waals surface area contributed by atoms with Crippen molar-refractivity contribution >= 4 is 29.3 Å². The van der Waals surface area contributed by atoms with Crippen molar-refractivity contribution in [2.24, 2.45) is 0 Å². The van der Waals surface area contributed by atoms with Gasteiger partial charge < -0.3 is 5.32 Å². The molecule has 1 amide bonds. The third kappa shape index (κ3) is 5.51. The minimum atomic E-state index is -0.783. The average molecular weight is 491 g/mol. The van der Waals surface area contributed by atoms with Gasteiger partial charge in [-0.1, -0.05) is 84.1 Å².